The van der Waals surface area contributed by atoms with E-state index < -0.39 is 11.9 Å². The van der Waals surface area contributed by atoms with Gasteiger partial charge in [-0.25, -0.2) is 9.59 Å². The Kier molecular flexibility index (Phi) is 6.87. The number of benzene rings is 4. The fourth-order valence-electron chi connectivity index (χ4n) is 5.04. The Hall–Kier alpha value is -4.58. The zero-order valence-corrected chi connectivity index (χ0v) is 22.6. The number of carbonyl (C=O) groups excluding carboxylic acids is 2. The van der Waals surface area contributed by atoms with Crippen molar-refractivity contribution in [3.63, 3.8) is 0 Å². The van der Waals surface area contributed by atoms with E-state index >= 15 is 0 Å². The molecule has 0 fully saturated rings. The largest absolute Gasteiger partial charge is 0.497 e. The molecule has 0 amide bonds. The molecule has 0 aromatic heterocycles. The van der Waals surface area contributed by atoms with Crippen LogP contribution in [0.4, 0.5) is 0 Å². The highest BCUT2D eigenvalue weighted by molar-refractivity contribution is 6.02. The molecule has 5 rings (SSSR count). The van der Waals surface area contributed by atoms with Crippen LogP contribution in [0.25, 0.3) is 16.5 Å². The first-order chi connectivity index (χ1) is 18.7. The summed E-state index contributed by atoms with van der Waals surface area (Å²) in [6.45, 7) is 6.23. The van der Waals surface area contributed by atoms with Crippen molar-refractivity contribution in [3.8, 4) is 11.5 Å². The van der Waals surface area contributed by atoms with E-state index in [1.807, 2.05) is 36.4 Å². The van der Waals surface area contributed by atoms with Crippen LogP contribution in [0.5, 0.6) is 11.5 Å². The maximum absolute atomic E-state index is 13.5. The van der Waals surface area contributed by atoms with Gasteiger partial charge >= 0.3 is 11.9 Å². The lowest BCUT2D eigenvalue weighted by molar-refractivity contribution is 0.0539. The van der Waals surface area contributed by atoms with Gasteiger partial charge in [0, 0.05) is 5.56 Å². The van der Waals surface area contributed by atoms with E-state index in [2.05, 4.69) is 20.8 Å². The normalized spacial score (nSPS) is 14.6. The lowest BCUT2D eigenvalue weighted by Crippen LogP contribution is -2.28. The van der Waals surface area contributed by atoms with Crippen molar-refractivity contribution in [1.29, 1.82) is 0 Å². The zero-order chi connectivity index (χ0) is 27.7. The molecule has 1 aliphatic rings. The van der Waals surface area contributed by atoms with Gasteiger partial charge in [0.1, 0.15) is 11.5 Å². The van der Waals surface area contributed by atoms with Crippen molar-refractivity contribution in [1.82, 2.24) is 0 Å². The fraction of sp³-hybridized carbons (Fsp3) is 0.212. The summed E-state index contributed by atoms with van der Waals surface area (Å²) in [5.74, 6) is 0.325. The van der Waals surface area contributed by atoms with E-state index in [0.717, 1.165) is 16.3 Å². The third kappa shape index (κ3) is 4.98. The standard InChI is InChI=1S/C33H30O6/c1-33(2,3)28-25-10-6-8-20-9-7-11-26(27(20)25)29(38-31(34)21-12-16-23(36-4)17-13-21)30(28)39-32(35)22-14-18-24(37-5)19-15-22/h6-19,28H,1-5H3. The van der Waals surface area contributed by atoms with Gasteiger partial charge in [0.2, 0.25) is 0 Å². The summed E-state index contributed by atoms with van der Waals surface area (Å²) in [7, 11) is 3.13. The Balaban J connectivity index is 1.67. The van der Waals surface area contributed by atoms with Crippen LogP contribution in [0.15, 0.2) is 90.7 Å². The minimum Gasteiger partial charge on any atom is -0.497 e. The molecule has 0 saturated carbocycles. The average molecular weight is 523 g/mol. The Labute approximate surface area is 227 Å². The molecule has 6 nitrogen and oxygen atoms in total. The number of allylic oxidation sites excluding steroid dienone is 1. The second-order valence-corrected chi connectivity index (χ2v) is 10.5. The molecule has 0 heterocycles. The smallest absolute Gasteiger partial charge is 0.343 e. The van der Waals surface area contributed by atoms with Crippen LogP contribution in [-0.4, -0.2) is 26.2 Å². The van der Waals surface area contributed by atoms with Gasteiger partial charge in [0.15, 0.2) is 11.5 Å². The zero-order valence-electron chi connectivity index (χ0n) is 22.6. The van der Waals surface area contributed by atoms with Gasteiger partial charge in [0.05, 0.1) is 31.3 Å². The molecule has 1 atom stereocenters. The summed E-state index contributed by atoms with van der Waals surface area (Å²) in [6.07, 6.45) is 0. The third-order valence-corrected chi connectivity index (χ3v) is 6.89. The minimum atomic E-state index is -0.560. The van der Waals surface area contributed by atoms with E-state index in [1.54, 1.807) is 62.8 Å². The molecular formula is C33H30O6. The summed E-state index contributed by atoms with van der Waals surface area (Å²) in [6, 6.07) is 25.3. The van der Waals surface area contributed by atoms with Crippen molar-refractivity contribution in [2.45, 2.75) is 26.7 Å². The molecule has 0 radical (unpaired) electrons. The lowest BCUT2D eigenvalue weighted by atomic mass is 9.70. The topological polar surface area (TPSA) is 71.1 Å². The maximum Gasteiger partial charge on any atom is 0.343 e. The highest BCUT2D eigenvalue weighted by Gasteiger charge is 2.41. The number of ether oxygens (including phenoxy) is 4. The summed E-state index contributed by atoms with van der Waals surface area (Å²) in [4.78, 5) is 26.9. The average Bonchev–Trinajstić information content (AvgIpc) is 2.94. The minimum absolute atomic E-state index is 0.238. The van der Waals surface area contributed by atoms with E-state index in [-0.39, 0.29) is 17.1 Å². The van der Waals surface area contributed by atoms with Crippen LogP contribution in [0.2, 0.25) is 0 Å². The molecule has 1 aliphatic carbocycles. The molecule has 0 spiro atoms. The van der Waals surface area contributed by atoms with Crippen LogP contribution in [0.3, 0.4) is 0 Å². The van der Waals surface area contributed by atoms with E-state index in [1.165, 1.54) is 0 Å². The van der Waals surface area contributed by atoms with Gasteiger partial charge in [-0.1, -0.05) is 57.2 Å². The predicted molar refractivity (Wildman–Crippen MR) is 150 cm³/mol. The van der Waals surface area contributed by atoms with Crippen molar-refractivity contribution in [3.05, 3.63) is 113 Å². The molecule has 0 N–H and O–H groups in total. The first-order valence-corrected chi connectivity index (χ1v) is 12.7. The van der Waals surface area contributed by atoms with Crippen LogP contribution >= 0.6 is 0 Å². The van der Waals surface area contributed by atoms with E-state index in [9.17, 15) is 9.59 Å². The van der Waals surface area contributed by atoms with Crippen molar-refractivity contribution >= 4 is 28.5 Å². The van der Waals surface area contributed by atoms with E-state index in [0.29, 0.717) is 33.9 Å². The SMILES string of the molecule is COc1ccc(C(=O)OC2=C(OC(=O)c3ccc(OC)cc3)C(C(C)(C)C)c3cccc4cccc2c34)cc1. The molecule has 0 bridgehead atoms. The maximum atomic E-state index is 13.5. The number of hydrogen-bond donors (Lipinski definition) is 0. The Morgan fingerprint density at radius 2 is 1.18 bits per heavy atom. The molecule has 4 aromatic rings. The number of carbonyl (C=O) groups is 2. The summed E-state index contributed by atoms with van der Waals surface area (Å²) >= 11 is 0. The van der Waals surface area contributed by atoms with Gasteiger partial charge < -0.3 is 18.9 Å². The summed E-state index contributed by atoms with van der Waals surface area (Å²) in [5.41, 5.74) is 2.03. The molecule has 4 aromatic carbocycles. The van der Waals surface area contributed by atoms with Gasteiger partial charge in [-0.05, 0) is 70.3 Å². The molecule has 0 saturated heterocycles. The van der Waals surface area contributed by atoms with Crippen LogP contribution in [-0.2, 0) is 9.47 Å². The Morgan fingerprint density at radius 1 is 0.667 bits per heavy atom. The highest BCUT2D eigenvalue weighted by atomic mass is 16.6. The van der Waals surface area contributed by atoms with Crippen molar-refractivity contribution in [2.75, 3.05) is 14.2 Å². The quantitative estimate of drug-likeness (QED) is 0.246. The predicted octanol–water partition coefficient (Wildman–Crippen LogP) is 7.38. The van der Waals surface area contributed by atoms with Gasteiger partial charge in [-0.3, -0.25) is 0 Å². The highest BCUT2D eigenvalue weighted by Crippen LogP contribution is 2.51. The molecule has 39 heavy (non-hydrogen) atoms. The Morgan fingerprint density at radius 3 is 1.69 bits per heavy atom. The lowest BCUT2D eigenvalue weighted by Gasteiger charge is -2.37. The van der Waals surface area contributed by atoms with Crippen LogP contribution < -0.4 is 9.47 Å². The molecule has 0 aliphatic heterocycles. The number of methoxy groups -OCH3 is 2. The number of rotatable bonds is 6. The van der Waals surface area contributed by atoms with Crippen LogP contribution in [0, 0.1) is 5.41 Å². The van der Waals surface area contributed by atoms with Crippen LogP contribution in [0.1, 0.15) is 58.5 Å². The van der Waals surface area contributed by atoms with Crippen molar-refractivity contribution < 1.29 is 28.5 Å². The monoisotopic (exact) mass is 522 g/mol. The molecular weight excluding hydrogens is 492 g/mol. The second-order valence-electron chi connectivity index (χ2n) is 10.5. The van der Waals surface area contributed by atoms with Gasteiger partial charge in [-0.2, -0.15) is 0 Å². The molecule has 6 heteroatoms. The third-order valence-electron chi connectivity index (χ3n) is 6.89. The first-order valence-electron chi connectivity index (χ1n) is 12.7. The fourth-order valence-corrected chi connectivity index (χ4v) is 5.04. The van der Waals surface area contributed by atoms with E-state index in [4.69, 9.17) is 18.9 Å². The summed E-state index contributed by atoms with van der Waals surface area (Å²) < 4.78 is 22.7. The van der Waals surface area contributed by atoms with Gasteiger partial charge in [-0.15, -0.1) is 0 Å². The first kappa shape index (κ1) is 26.0. The molecule has 1 unspecified atom stereocenters. The summed E-state index contributed by atoms with van der Waals surface area (Å²) in [5, 5.41) is 1.99. The molecule has 198 valence electrons. The second kappa shape index (κ2) is 10.3. The number of hydrogen-bond acceptors (Lipinski definition) is 6. The number of esters is 2. The van der Waals surface area contributed by atoms with Crippen molar-refractivity contribution in [2.24, 2.45) is 5.41 Å². The van der Waals surface area contributed by atoms with Gasteiger partial charge in [0.25, 0.3) is 0 Å². The Bertz CT molecular complexity index is 1570.